The van der Waals surface area contributed by atoms with Crippen molar-refractivity contribution in [1.82, 2.24) is 9.88 Å². The van der Waals surface area contributed by atoms with Gasteiger partial charge < -0.3 is 14.6 Å². The first kappa shape index (κ1) is 16.6. The molecule has 0 aliphatic carbocycles. The number of carbonyl (C=O) groups is 1. The molecule has 2 aromatic heterocycles. The summed E-state index contributed by atoms with van der Waals surface area (Å²) < 4.78 is 8.46. The van der Waals surface area contributed by atoms with Gasteiger partial charge in [-0.3, -0.25) is 4.79 Å². The number of amides is 1. The van der Waals surface area contributed by atoms with Crippen molar-refractivity contribution in [2.45, 2.75) is 33.4 Å². The lowest BCUT2D eigenvalue weighted by Gasteiger charge is -2.13. The number of nitrogens with one attached hydrogen (secondary N) is 1. The predicted octanol–water partition coefficient (Wildman–Crippen LogP) is 4.21. The van der Waals surface area contributed by atoms with Crippen LogP contribution in [-0.2, 0) is 6.54 Å². The van der Waals surface area contributed by atoms with Gasteiger partial charge in [-0.2, -0.15) is 0 Å². The van der Waals surface area contributed by atoms with E-state index in [4.69, 9.17) is 4.74 Å². The van der Waals surface area contributed by atoms with E-state index < -0.39 is 0 Å². The van der Waals surface area contributed by atoms with Crippen molar-refractivity contribution < 1.29 is 9.53 Å². The Morgan fingerprint density at radius 2 is 1.96 bits per heavy atom. The van der Waals surface area contributed by atoms with Crippen LogP contribution in [-0.4, -0.2) is 23.6 Å². The molecule has 0 aliphatic rings. The summed E-state index contributed by atoms with van der Waals surface area (Å²) in [6.45, 7) is 6.70. The van der Waals surface area contributed by atoms with Gasteiger partial charge in [0, 0.05) is 17.5 Å². The van der Waals surface area contributed by atoms with Crippen LogP contribution in [0.4, 0.5) is 0 Å². The molecule has 0 atom stereocenters. The molecule has 3 rings (SSSR count). The van der Waals surface area contributed by atoms with E-state index in [1.807, 2.05) is 44.2 Å². The molecule has 1 N–H and O–H groups in total. The highest BCUT2D eigenvalue weighted by Crippen LogP contribution is 2.29. The van der Waals surface area contributed by atoms with Gasteiger partial charge in [0.15, 0.2) is 0 Å². The normalized spacial score (nSPS) is 11.2. The summed E-state index contributed by atoms with van der Waals surface area (Å²) in [6.07, 6.45) is 0. The van der Waals surface area contributed by atoms with E-state index in [1.165, 1.54) is 4.88 Å². The number of aromatic nitrogens is 1. The smallest absolute Gasteiger partial charge is 0.268 e. The molecule has 0 fully saturated rings. The van der Waals surface area contributed by atoms with Crippen LogP contribution in [0.5, 0.6) is 5.75 Å². The van der Waals surface area contributed by atoms with Gasteiger partial charge in [0.2, 0.25) is 0 Å². The molecule has 0 radical (unpaired) electrons. The van der Waals surface area contributed by atoms with Crippen molar-refractivity contribution in [1.29, 1.82) is 0 Å². The third-order valence-corrected chi connectivity index (χ3v) is 4.85. The average Bonchev–Trinajstić information content (AvgIpc) is 3.05. The summed E-state index contributed by atoms with van der Waals surface area (Å²) in [7, 11) is 1.66. The molecule has 24 heavy (non-hydrogen) atoms. The Morgan fingerprint density at radius 3 is 2.58 bits per heavy atom. The molecular weight excluding hydrogens is 320 g/mol. The molecule has 0 saturated heterocycles. The number of carbonyl (C=O) groups excluding carboxylic acids is 1. The summed E-state index contributed by atoms with van der Waals surface area (Å²) in [5.74, 6) is 0.806. The van der Waals surface area contributed by atoms with E-state index in [9.17, 15) is 4.79 Å². The fraction of sp³-hybridized carbons (Fsp3) is 0.316. The van der Waals surface area contributed by atoms with E-state index in [0.29, 0.717) is 12.2 Å². The van der Waals surface area contributed by atoms with Gasteiger partial charge in [0.25, 0.3) is 5.91 Å². The van der Waals surface area contributed by atoms with Crippen LogP contribution in [0, 0.1) is 6.92 Å². The fourth-order valence-corrected chi connectivity index (χ4v) is 3.73. The molecule has 0 bridgehead atoms. The summed E-state index contributed by atoms with van der Waals surface area (Å²) in [6, 6.07) is 12.2. The number of hydrogen-bond donors (Lipinski definition) is 1. The number of aryl methyl sites for hydroxylation is 1. The number of fused-ring (bicyclic) bond motifs is 1. The zero-order chi connectivity index (χ0) is 17.3. The van der Waals surface area contributed by atoms with E-state index in [0.717, 1.165) is 21.5 Å². The van der Waals surface area contributed by atoms with Crippen LogP contribution in [0.1, 0.15) is 34.8 Å². The number of thiophene rings is 1. The topological polar surface area (TPSA) is 43.3 Å². The lowest BCUT2D eigenvalue weighted by atomic mass is 10.2. The maximum absolute atomic E-state index is 12.6. The molecule has 126 valence electrons. The van der Waals surface area contributed by atoms with Gasteiger partial charge in [-0.05, 0) is 50.6 Å². The largest absolute Gasteiger partial charge is 0.497 e. The lowest BCUT2D eigenvalue weighted by Crippen LogP contribution is -2.31. The minimum atomic E-state index is -0.0282. The monoisotopic (exact) mass is 342 g/mol. The van der Waals surface area contributed by atoms with Crippen LogP contribution >= 0.6 is 11.3 Å². The molecular formula is C19H22N2O2S. The van der Waals surface area contributed by atoms with Crippen molar-refractivity contribution in [3.63, 3.8) is 0 Å². The molecule has 3 aromatic rings. The lowest BCUT2D eigenvalue weighted by molar-refractivity contribution is 0.0934. The zero-order valence-corrected chi connectivity index (χ0v) is 15.2. The van der Waals surface area contributed by atoms with Crippen molar-refractivity contribution in [2.75, 3.05) is 7.11 Å². The van der Waals surface area contributed by atoms with Gasteiger partial charge in [-0.15, -0.1) is 11.3 Å². The minimum Gasteiger partial charge on any atom is -0.497 e. The third kappa shape index (κ3) is 3.31. The summed E-state index contributed by atoms with van der Waals surface area (Å²) in [4.78, 5) is 13.8. The molecule has 2 heterocycles. The van der Waals surface area contributed by atoms with E-state index in [1.54, 1.807) is 18.4 Å². The third-order valence-electron chi connectivity index (χ3n) is 3.86. The number of nitrogens with zero attached hydrogens (tertiary/aromatic N) is 1. The number of rotatable bonds is 5. The quantitative estimate of drug-likeness (QED) is 0.755. The summed E-state index contributed by atoms with van der Waals surface area (Å²) in [5.41, 5.74) is 2.96. The average molecular weight is 342 g/mol. The molecule has 1 amide bonds. The van der Waals surface area contributed by atoms with Crippen LogP contribution in [0.2, 0.25) is 0 Å². The van der Waals surface area contributed by atoms with E-state index in [2.05, 4.69) is 22.9 Å². The highest BCUT2D eigenvalue weighted by Gasteiger charge is 2.18. The van der Waals surface area contributed by atoms with Crippen LogP contribution in [0.25, 0.3) is 10.2 Å². The van der Waals surface area contributed by atoms with Crippen molar-refractivity contribution in [2.24, 2.45) is 0 Å². The minimum absolute atomic E-state index is 0.0282. The maximum atomic E-state index is 12.6. The van der Waals surface area contributed by atoms with E-state index in [-0.39, 0.29) is 11.9 Å². The zero-order valence-electron chi connectivity index (χ0n) is 14.4. The number of ether oxygens (including phenoxy) is 1. The van der Waals surface area contributed by atoms with Gasteiger partial charge in [0.05, 0.1) is 17.3 Å². The number of hydrogen-bond acceptors (Lipinski definition) is 3. The van der Waals surface area contributed by atoms with E-state index >= 15 is 0 Å². The first-order valence-electron chi connectivity index (χ1n) is 8.01. The molecule has 0 spiro atoms. The predicted molar refractivity (Wildman–Crippen MR) is 99.3 cm³/mol. The Balaban J connectivity index is 2.00. The summed E-state index contributed by atoms with van der Waals surface area (Å²) >= 11 is 1.72. The maximum Gasteiger partial charge on any atom is 0.268 e. The van der Waals surface area contributed by atoms with Crippen LogP contribution < -0.4 is 10.1 Å². The molecule has 0 aliphatic heterocycles. The van der Waals surface area contributed by atoms with Gasteiger partial charge in [0.1, 0.15) is 11.4 Å². The van der Waals surface area contributed by atoms with Crippen molar-refractivity contribution in [3.8, 4) is 5.75 Å². The first-order valence-corrected chi connectivity index (χ1v) is 8.83. The standard InChI is InChI=1S/C19H22N2O2S/c1-12(2)20-19(22)17-10-18-16(9-13(3)24-18)21(17)11-14-5-7-15(23-4)8-6-14/h5-10,12H,11H2,1-4H3,(H,20,22). The van der Waals surface area contributed by atoms with Gasteiger partial charge in [-0.25, -0.2) is 0 Å². The second-order valence-electron chi connectivity index (χ2n) is 6.20. The second-order valence-corrected chi connectivity index (χ2v) is 7.49. The van der Waals surface area contributed by atoms with Gasteiger partial charge in [-0.1, -0.05) is 12.1 Å². The fourth-order valence-electron chi connectivity index (χ4n) is 2.77. The molecule has 0 unspecified atom stereocenters. The molecule has 0 saturated carbocycles. The molecule has 1 aromatic carbocycles. The Morgan fingerprint density at radius 1 is 1.25 bits per heavy atom. The highest BCUT2D eigenvalue weighted by molar-refractivity contribution is 7.19. The highest BCUT2D eigenvalue weighted by atomic mass is 32.1. The molecule has 4 nitrogen and oxygen atoms in total. The van der Waals surface area contributed by atoms with Crippen molar-refractivity contribution in [3.05, 3.63) is 52.5 Å². The number of benzene rings is 1. The van der Waals surface area contributed by atoms with Crippen LogP contribution in [0.15, 0.2) is 36.4 Å². The molecule has 5 heteroatoms. The summed E-state index contributed by atoms with van der Waals surface area (Å²) in [5, 5.41) is 2.99. The van der Waals surface area contributed by atoms with Crippen LogP contribution in [0.3, 0.4) is 0 Å². The Bertz CT molecular complexity index is 860. The Hall–Kier alpha value is -2.27. The second kappa shape index (κ2) is 6.69. The van der Waals surface area contributed by atoms with Gasteiger partial charge >= 0.3 is 0 Å². The number of methoxy groups -OCH3 is 1. The van der Waals surface area contributed by atoms with Crippen molar-refractivity contribution >= 4 is 27.5 Å². The Kier molecular flexibility index (Phi) is 4.62. The Labute approximate surface area is 146 Å². The SMILES string of the molecule is COc1ccc(Cn2c(C(=O)NC(C)C)cc3sc(C)cc32)cc1. The first-order chi connectivity index (χ1) is 11.5.